The first-order valence-corrected chi connectivity index (χ1v) is 3.91. The summed E-state index contributed by atoms with van der Waals surface area (Å²) in [5.41, 5.74) is 5.14. The summed E-state index contributed by atoms with van der Waals surface area (Å²) in [6.07, 6.45) is 4.96. The Bertz CT molecular complexity index is 438. The average molecular weight is 208 g/mol. The summed E-state index contributed by atoms with van der Waals surface area (Å²) < 4.78 is 4.90. The summed E-state index contributed by atoms with van der Waals surface area (Å²) in [4.78, 5) is 17.3. The topological polar surface area (TPSA) is 104 Å². The number of terminal acetylenes is 1. The third-order valence-electron chi connectivity index (χ3n) is 1.52. The fraction of sp³-hybridized carbons (Fsp3) is 0.250. The van der Waals surface area contributed by atoms with Gasteiger partial charge in [-0.2, -0.15) is 4.98 Å². The highest BCUT2D eigenvalue weighted by Gasteiger charge is 2.22. The zero-order valence-corrected chi connectivity index (χ0v) is 7.93. The van der Waals surface area contributed by atoms with Gasteiger partial charge in [-0.1, -0.05) is 5.92 Å². The second-order valence-electron chi connectivity index (χ2n) is 2.57. The van der Waals surface area contributed by atoms with Crippen molar-refractivity contribution in [1.29, 1.82) is 0 Å². The van der Waals surface area contributed by atoms with E-state index in [9.17, 15) is 10.1 Å². The zero-order valence-electron chi connectivity index (χ0n) is 7.93. The number of nitrogens with zero attached hydrogens (tertiary/aromatic N) is 3. The van der Waals surface area contributed by atoms with Crippen LogP contribution in [0.2, 0.25) is 0 Å². The molecule has 0 saturated carbocycles. The number of nitro groups is 1. The third kappa shape index (κ3) is 2.31. The molecule has 0 aliphatic rings. The van der Waals surface area contributed by atoms with Gasteiger partial charge >= 0.3 is 5.69 Å². The van der Waals surface area contributed by atoms with Crippen LogP contribution in [-0.4, -0.2) is 21.5 Å². The molecule has 1 rings (SSSR count). The minimum atomic E-state index is -0.638. The monoisotopic (exact) mass is 208 g/mol. The first kappa shape index (κ1) is 10.7. The van der Waals surface area contributed by atoms with E-state index in [2.05, 4.69) is 15.9 Å². The lowest BCUT2D eigenvalue weighted by Crippen LogP contribution is -2.07. The first-order chi connectivity index (χ1) is 7.06. The molecule has 0 amide bonds. The van der Waals surface area contributed by atoms with Gasteiger partial charge in [0.2, 0.25) is 5.95 Å². The molecule has 1 aromatic heterocycles. The Labute approximate surface area is 85.4 Å². The van der Waals surface area contributed by atoms with Crippen molar-refractivity contribution in [3.8, 4) is 18.2 Å². The number of anilines is 1. The average Bonchev–Trinajstić information content (AvgIpc) is 2.12. The van der Waals surface area contributed by atoms with Crippen LogP contribution < -0.4 is 10.5 Å². The molecule has 0 aliphatic heterocycles. The van der Waals surface area contributed by atoms with Gasteiger partial charge in [0.15, 0.2) is 6.61 Å². The molecule has 78 valence electrons. The van der Waals surface area contributed by atoms with Crippen LogP contribution in [0.3, 0.4) is 0 Å². The maximum absolute atomic E-state index is 10.7. The fourth-order valence-electron chi connectivity index (χ4n) is 0.982. The van der Waals surface area contributed by atoms with E-state index in [0.717, 1.165) is 0 Å². The second kappa shape index (κ2) is 4.23. The van der Waals surface area contributed by atoms with Crippen molar-refractivity contribution in [3.63, 3.8) is 0 Å². The standard InChI is InChI=1S/C8H8N4O3/c1-3-4-15-7-6(12(13)14)5(2)10-8(9)11-7/h1H,4H2,2H3,(H2,9,10,11). The highest BCUT2D eigenvalue weighted by molar-refractivity contribution is 5.47. The van der Waals surface area contributed by atoms with E-state index in [0.29, 0.717) is 0 Å². The normalized spacial score (nSPS) is 9.33. The van der Waals surface area contributed by atoms with Gasteiger partial charge in [0, 0.05) is 0 Å². The molecule has 0 aliphatic carbocycles. The molecule has 1 aromatic rings. The highest BCUT2D eigenvalue weighted by atomic mass is 16.6. The van der Waals surface area contributed by atoms with E-state index in [1.54, 1.807) is 0 Å². The SMILES string of the molecule is C#CCOc1nc(N)nc(C)c1[N+](=O)[O-]. The molecule has 7 heteroatoms. The molecule has 0 aromatic carbocycles. The van der Waals surface area contributed by atoms with Crippen molar-refractivity contribution in [2.24, 2.45) is 0 Å². The van der Waals surface area contributed by atoms with Gasteiger partial charge in [0.1, 0.15) is 5.69 Å². The second-order valence-corrected chi connectivity index (χ2v) is 2.57. The molecule has 0 saturated heterocycles. The zero-order chi connectivity index (χ0) is 11.4. The first-order valence-electron chi connectivity index (χ1n) is 3.91. The minimum Gasteiger partial charge on any atom is -0.459 e. The quantitative estimate of drug-likeness (QED) is 0.434. The van der Waals surface area contributed by atoms with Crippen LogP contribution in [0.4, 0.5) is 11.6 Å². The largest absolute Gasteiger partial charge is 0.459 e. The van der Waals surface area contributed by atoms with Crippen LogP contribution in [0.1, 0.15) is 5.69 Å². The molecule has 0 fully saturated rings. The van der Waals surface area contributed by atoms with Crippen molar-refractivity contribution in [2.45, 2.75) is 6.92 Å². The molecule has 0 atom stereocenters. The summed E-state index contributed by atoms with van der Waals surface area (Å²) in [7, 11) is 0. The van der Waals surface area contributed by atoms with Crippen LogP contribution in [0.5, 0.6) is 5.88 Å². The predicted molar refractivity (Wildman–Crippen MR) is 52.2 cm³/mol. The van der Waals surface area contributed by atoms with Crippen molar-refractivity contribution in [2.75, 3.05) is 12.3 Å². The van der Waals surface area contributed by atoms with Crippen LogP contribution in [0.15, 0.2) is 0 Å². The Morgan fingerprint density at radius 1 is 1.67 bits per heavy atom. The molecular weight excluding hydrogens is 200 g/mol. The van der Waals surface area contributed by atoms with Crippen LogP contribution >= 0.6 is 0 Å². The van der Waals surface area contributed by atoms with Gasteiger partial charge in [-0.15, -0.1) is 6.42 Å². The van der Waals surface area contributed by atoms with Gasteiger partial charge in [0.05, 0.1) is 4.92 Å². The highest BCUT2D eigenvalue weighted by Crippen LogP contribution is 2.27. The minimum absolute atomic E-state index is 0.0925. The summed E-state index contributed by atoms with van der Waals surface area (Å²) in [6, 6.07) is 0. The fourth-order valence-corrected chi connectivity index (χ4v) is 0.982. The molecule has 0 bridgehead atoms. The Morgan fingerprint density at radius 2 is 2.33 bits per heavy atom. The van der Waals surface area contributed by atoms with Crippen LogP contribution in [-0.2, 0) is 0 Å². The van der Waals surface area contributed by atoms with Crippen LogP contribution in [0.25, 0.3) is 0 Å². The van der Waals surface area contributed by atoms with Gasteiger partial charge in [-0.25, -0.2) is 4.98 Å². The van der Waals surface area contributed by atoms with Crippen LogP contribution in [0, 0.1) is 29.4 Å². The molecule has 0 radical (unpaired) electrons. The number of aromatic nitrogens is 2. The Hall–Kier alpha value is -2.36. The maximum atomic E-state index is 10.7. The summed E-state index contributed by atoms with van der Waals surface area (Å²) in [5.74, 6) is 1.88. The van der Waals surface area contributed by atoms with Crippen molar-refractivity contribution in [1.82, 2.24) is 9.97 Å². The lowest BCUT2D eigenvalue weighted by atomic mass is 10.3. The summed E-state index contributed by atoms with van der Waals surface area (Å²) >= 11 is 0. The van der Waals surface area contributed by atoms with E-state index >= 15 is 0 Å². The van der Waals surface area contributed by atoms with Gasteiger partial charge in [0.25, 0.3) is 5.88 Å². The van der Waals surface area contributed by atoms with E-state index in [1.807, 2.05) is 0 Å². The smallest absolute Gasteiger partial charge is 0.352 e. The van der Waals surface area contributed by atoms with E-state index in [-0.39, 0.29) is 29.8 Å². The molecule has 1 heterocycles. The molecule has 0 unspecified atom stereocenters. The Morgan fingerprint density at radius 3 is 2.87 bits per heavy atom. The Kier molecular flexibility index (Phi) is 3.03. The van der Waals surface area contributed by atoms with Crippen molar-refractivity contribution >= 4 is 11.6 Å². The Balaban J connectivity index is 3.22. The maximum Gasteiger partial charge on any atom is 0.352 e. The molecule has 0 spiro atoms. The number of hydrogen-bond donors (Lipinski definition) is 1. The van der Waals surface area contributed by atoms with E-state index < -0.39 is 4.92 Å². The lowest BCUT2D eigenvalue weighted by Gasteiger charge is -2.04. The van der Waals surface area contributed by atoms with E-state index in [1.165, 1.54) is 6.92 Å². The number of nitrogens with two attached hydrogens (primary N) is 1. The molecule has 15 heavy (non-hydrogen) atoms. The molecular formula is C8H8N4O3. The molecule has 2 N–H and O–H groups in total. The number of hydrogen-bond acceptors (Lipinski definition) is 6. The number of rotatable bonds is 3. The van der Waals surface area contributed by atoms with Crippen molar-refractivity contribution < 1.29 is 9.66 Å². The van der Waals surface area contributed by atoms with Crippen molar-refractivity contribution in [3.05, 3.63) is 15.8 Å². The predicted octanol–water partition coefficient (Wildman–Crippen LogP) is 0.287. The number of ether oxygens (including phenoxy) is 1. The lowest BCUT2D eigenvalue weighted by molar-refractivity contribution is -0.387. The number of nitrogen functional groups attached to an aromatic ring is 1. The van der Waals surface area contributed by atoms with E-state index in [4.69, 9.17) is 16.9 Å². The molecule has 7 nitrogen and oxygen atoms in total. The van der Waals surface area contributed by atoms with Gasteiger partial charge in [-0.3, -0.25) is 10.1 Å². The van der Waals surface area contributed by atoms with Gasteiger partial charge in [-0.05, 0) is 6.92 Å². The summed E-state index contributed by atoms with van der Waals surface area (Å²) in [5, 5.41) is 10.7. The summed E-state index contributed by atoms with van der Waals surface area (Å²) in [6.45, 7) is 1.33. The third-order valence-corrected chi connectivity index (χ3v) is 1.52. The number of aryl methyl sites for hydroxylation is 1. The van der Waals surface area contributed by atoms with Gasteiger partial charge < -0.3 is 10.5 Å².